The predicted molar refractivity (Wildman–Crippen MR) is 70.4 cm³/mol. The first-order valence-corrected chi connectivity index (χ1v) is 7.72. The molecular formula is C12H19N3O2S. The van der Waals surface area contributed by atoms with E-state index in [9.17, 15) is 8.42 Å². The SMILES string of the molecule is Cc1cccnc1CN1CCC(S(N)(=O)=O)CC1. The number of aryl methyl sites for hydroxylation is 1. The van der Waals surface area contributed by atoms with Crippen molar-refractivity contribution in [2.24, 2.45) is 5.14 Å². The van der Waals surface area contributed by atoms with Gasteiger partial charge in [-0.15, -0.1) is 0 Å². The van der Waals surface area contributed by atoms with Gasteiger partial charge in [0.25, 0.3) is 0 Å². The van der Waals surface area contributed by atoms with E-state index in [-0.39, 0.29) is 5.25 Å². The van der Waals surface area contributed by atoms with Crippen molar-refractivity contribution in [1.29, 1.82) is 0 Å². The van der Waals surface area contributed by atoms with Gasteiger partial charge in [0.2, 0.25) is 10.0 Å². The van der Waals surface area contributed by atoms with Crippen molar-refractivity contribution >= 4 is 10.0 Å². The molecule has 0 amide bonds. The number of hydrogen-bond donors (Lipinski definition) is 1. The Balaban J connectivity index is 1.94. The number of pyridine rings is 1. The Morgan fingerprint density at radius 1 is 1.44 bits per heavy atom. The largest absolute Gasteiger partial charge is 0.297 e. The fourth-order valence-corrected chi connectivity index (χ4v) is 3.16. The minimum Gasteiger partial charge on any atom is -0.297 e. The molecule has 0 aromatic carbocycles. The van der Waals surface area contributed by atoms with Crippen LogP contribution in [0.5, 0.6) is 0 Å². The van der Waals surface area contributed by atoms with Crippen molar-refractivity contribution in [3.05, 3.63) is 29.6 Å². The quantitative estimate of drug-likeness (QED) is 0.874. The van der Waals surface area contributed by atoms with Gasteiger partial charge < -0.3 is 0 Å². The predicted octanol–water partition coefficient (Wildman–Crippen LogP) is 0.643. The van der Waals surface area contributed by atoms with E-state index in [0.717, 1.165) is 25.3 Å². The lowest BCUT2D eigenvalue weighted by Gasteiger charge is -2.30. The van der Waals surface area contributed by atoms with Gasteiger partial charge in [0, 0.05) is 12.7 Å². The molecule has 18 heavy (non-hydrogen) atoms. The Morgan fingerprint density at radius 3 is 2.67 bits per heavy atom. The summed E-state index contributed by atoms with van der Waals surface area (Å²) in [4.78, 5) is 6.59. The van der Waals surface area contributed by atoms with E-state index >= 15 is 0 Å². The maximum Gasteiger partial charge on any atom is 0.212 e. The fourth-order valence-electron chi connectivity index (χ4n) is 2.29. The molecule has 1 aromatic rings. The zero-order valence-corrected chi connectivity index (χ0v) is 11.4. The first kappa shape index (κ1) is 13.5. The Kier molecular flexibility index (Phi) is 3.99. The Morgan fingerprint density at radius 2 is 2.11 bits per heavy atom. The van der Waals surface area contributed by atoms with Crippen LogP contribution >= 0.6 is 0 Å². The lowest BCUT2D eigenvalue weighted by Crippen LogP contribution is -2.41. The number of aromatic nitrogens is 1. The third kappa shape index (κ3) is 3.28. The molecule has 0 atom stereocenters. The van der Waals surface area contributed by atoms with Gasteiger partial charge in [0.1, 0.15) is 0 Å². The van der Waals surface area contributed by atoms with E-state index in [1.165, 1.54) is 5.56 Å². The van der Waals surface area contributed by atoms with Gasteiger partial charge in [-0.1, -0.05) is 6.07 Å². The van der Waals surface area contributed by atoms with E-state index < -0.39 is 10.0 Å². The Hall–Kier alpha value is -0.980. The monoisotopic (exact) mass is 269 g/mol. The second kappa shape index (κ2) is 5.34. The Bertz CT molecular complexity index is 508. The van der Waals surface area contributed by atoms with Gasteiger partial charge in [-0.25, -0.2) is 13.6 Å². The van der Waals surface area contributed by atoms with Gasteiger partial charge in [-0.3, -0.25) is 9.88 Å². The van der Waals surface area contributed by atoms with Gasteiger partial charge in [-0.2, -0.15) is 0 Å². The highest BCUT2D eigenvalue weighted by Crippen LogP contribution is 2.18. The smallest absolute Gasteiger partial charge is 0.212 e. The van der Waals surface area contributed by atoms with Crippen molar-refractivity contribution in [3.8, 4) is 0 Å². The normalized spacial score (nSPS) is 19.0. The standard InChI is InChI=1S/C12H19N3O2S/c1-10-3-2-6-14-12(10)9-15-7-4-11(5-8-15)18(13,16)17/h2-3,6,11H,4-5,7-9H2,1H3,(H2,13,16,17). The Labute approximate surface area is 108 Å². The molecule has 0 radical (unpaired) electrons. The minimum atomic E-state index is -3.37. The minimum absolute atomic E-state index is 0.376. The third-order valence-electron chi connectivity index (χ3n) is 3.49. The maximum atomic E-state index is 11.3. The lowest BCUT2D eigenvalue weighted by molar-refractivity contribution is 0.219. The maximum absolute atomic E-state index is 11.3. The summed E-state index contributed by atoms with van der Waals surface area (Å²) in [6.45, 7) is 4.34. The van der Waals surface area contributed by atoms with Gasteiger partial charge in [-0.05, 0) is 44.5 Å². The van der Waals surface area contributed by atoms with Crippen LogP contribution in [-0.4, -0.2) is 36.6 Å². The first-order valence-electron chi connectivity index (χ1n) is 6.11. The van der Waals surface area contributed by atoms with Crippen molar-refractivity contribution in [1.82, 2.24) is 9.88 Å². The van der Waals surface area contributed by atoms with E-state index in [1.54, 1.807) is 6.20 Å². The van der Waals surface area contributed by atoms with Crippen LogP contribution in [0.3, 0.4) is 0 Å². The van der Waals surface area contributed by atoms with Gasteiger partial charge >= 0.3 is 0 Å². The summed E-state index contributed by atoms with van der Waals surface area (Å²) in [5.74, 6) is 0. The number of hydrogen-bond acceptors (Lipinski definition) is 4. The van der Waals surface area contributed by atoms with Crippen molar-refractivity contribution in [2.45, 2.75) is 31.6 Å². The van der Waals surface area contributed by atoms with E-state index in [1.807, 2.05) is 19.1 Å². The fraction of sp³-hybridized carbons (Fsp3) is 0.583. The molecule has 1 aliphatic heterocycles. The number of primary sulfonamides is 1. The summed E-state index contributed by atoms with van der Waals surface area (Å²) < 4.78 is 22.5. The zero-order valence-electron chi connectivity index (χ0n) is 10.5. The number of sulfonamides is 1. The van der Waals surface area contributed by atoms with Crippen LogP contribution in [0.1, 0.15) is 24.1 Å². The number of nitrogens with zero attached hydrogens (tertiary/aromatic N) is 2. The molecule has 0 bridgehead atoms. The topological polar surface area (TPSA) is 76.3 Å². The average Bonchev–Trinajstić information content (AvgIpc) is 2.32. The number of piperidine rings is 1. The van der Waals surface area contributed by atoms with Crippen molar-refractivity contribution in [3.63, 3.8) is 0 Å². The van der Waals surface area contributed by atoms with Crippen molar-refractivity contribution in [2.75, 3.05) is 13.1 Å². The summed E-state index contributed by atoms with van der Waals surface area (Å²) in [5.41, 5.74) is 2.23. The van der Waals surface area contributed by atoms with Gasteiger partial charge in [0.05, 0.1) is 10.9 Å². The van der Waals surface area contributed by atoms with E-state index in [2.05, 4.69) is 9.88 Å². The highest BCUT2D eigenvalue weighted by atomic mass is 32.2. The van der Waals surface area contributed by atoms with E-state index in [0.29, 0.717) is 12.8 Å². The second-order valence-electron chi connectivity index (χ2n) is 4.83. The van der Waals surface area contributed by atoms with Crippen LogP contribution in [0.2, 0.25) is 0 Å². The summed E-state index contributed by atoms with van der Waals surface area (Å²) in [5, 5.41) is 4.80. The highest BCUT2D eigenvalue weighted by Gasteiger charge is 2.27. The van der Waals surface area contributed by atoms with Crippen LogP contribution in [0.25, 0.3) is 0 Å². The third-order valence-corrected chi connectivity index (χ3v) is 4.89. The molecule has 0 aliphatic carbocycles. The summed E-state index contributed by atoms with van der Waals surface area (Å²) in [7, 11) is -3.37. The molecule has 1 aromatic heterocycles. The van der Waals surface area contributed by atoms with Crippen LogP contribution in [0, 0.1) is 6.92 Å². The lowest BCUT2D eigenvalue weighted by atomic mass is 10.1. The summed E-state index contributed by atoms with van der Waals surface area (Å²) in [6, 6.07) is 3.96. The van der Waals surface area contributed by atoms with Gasteiger partial charge in [0.15, 0.2) is 0 Å². The molecule has 2 heterocycles. The molecule has 2 N–H and O–H groups in total. The van der Waals surface area contributed by atoms with Crippen LogP contribution in [-0.2, 0) is 16.6 Å². The van der Waals surface area contributed by atoms with Crippen molar-refractivity contribution < 1.29 is 8.42 Å². The molecule has 5 nitrogen and oxygen atoms in total. The summed E-state index contributed by atoms with van der Waals surface area (Å²) >= 11 is 0. The highest BCUT2D eigenvalue weighted by molar-refractivity contribution is 7.89. The second-order valence-corrected chi connectivity index (χ2v) is 6.68. The molecule has 2 rings (SSSR count). The molecule has 100 valence electrons. The molecule has 1 fully saturated rings. The molecule has 1 saturated heterocycles. The average molecular weight is 269 g/mol. The molecule has 0 unspecified atom stereocenters. The van der Waals surface area contributed by atoms with E-state index in [4.69, 9.17) is 5.14 Å². The molecular weight excluding hydrogens is 250 g/mol. The summed E-state index contributed by atoms with van der Waals surface area (Å²) in [6.07, 6.45) is 3.02. The molecule has 6 heteroatoms. The number of rotatable bonds is 3. The number of nitrogens with two attached hydrogens (primary N) is 1. The molecule has 0 spiro atoms. The van der Waals surface area contributed by atoms with Crippen LogP contribution < -0.4 is 5.14 Å². The van der Waals surface area contributed by atoms with Crippen LogP contribution in [0.4, 0.5) is 0 Å². The molecule has 1 aliphatic rings. The van der Waals surface area contributed by atoms with Crippen LogP contribution in [0.15, 0.2) is 18.3 Å². The zero-order chi connectivity index (χ0) is 13.2. The first-order chi connectivity index (χ1) is 8.47. The number of likely N-dealkylation sites (tertiary alicyclic amines) is 1. The molecule has 0 saturated carbocycles.